The van der Waals surface area contributed by atoms with Crippen LogP contribution in [0.25, 0.3) is 0 Å². The van der Waals surface area contributed by atoms with E-state index in [1.165, 1.54) is 0 Å². The van der Waals surface area contributed by atoms with Gasteiger partial charge in [0, 0.05) is 36.1 Å². The summed E-state index contributed by atoms with van der Waals surface area (Å²) in [5.74, 6) is 1.27. The Morgan fingerprint density at radius 1 is 0.656 bits per heavy atom. The molecule has 6 nitrogen and oxygen atoms in total. The molecule has 174 valence electrons. The number of hydrogen-bond acceptors (Lipinski definition) is 6. The standard InChI is InChI=1S/C26H36N2O4/c1-27(2)17-21(25(29)19-9-13-23(31-5)14-10-19)7-8-22(18-28(3)4)26(30)20-11-15-24(32-6)16-12-20/h9-16,21-22H,7-8,17-18H2,1-6H3/t21-,22-/m0/s1. The fourth-order valence-corrected chi connectivity index (χ4v) is 3.88. The molecular formula is C26H36N2O4. The monoisotopic (exact) mass is 440 g/mol. The van der Waals surface area contributed by atoms with Crippen LogP contribution in [0.1, 0.15) is 33.6 Å². The summed E-state index contributed by atoms with van der Waals surface area (Å²) >= 11 is 0. The normalized spacial score (nSPS) is 13.1. The first kappa shape index (κ1) is 25.6. The van der Waals surface area contributed by atoms with Gasteiger partial charge in [-0.1, -0.05) is 0 Å². The third kappa shape index (κ3) is 7.46. The van der Waals surface area contributed by atoms with Gasteiger partial charge in [-0.05, 0) is 89.6 Å². The van der Waals surface area contributed by atoms with Crippen molar-refractivity contribution < 1.29 is 19.1 Å². The van der Waals surface area contributed by atoms with E-state index in [1.807, 2.05) is 86.5 Å². The molecule has 32 heavy (non-hydrogen) atoms. The Hall–Kier alpha value is -2.70. The molecule has 0 N–H and O–H groups in total. The van der Waals surface area contributed by atoms with E-state index in [0.717, 1.165) is 11.5 Å². The minimum absolute atomic E-state index is 0.0989. The summed E-state index contributed by atoms with van der Waals surface area (Å²) in [5, 5.41) is 0. The summed E-state index contributed by atoms with van der Waals surface area (Å²) in [6.45, 7) is 1.27. The Kier molecular flexibility index (Phi) is 9.88. The van der Waals surface area contributed by atoms with E-state index >= 15 is 0 Å². The molecule has 0 aromatic heterocycles. The number of rotatable bonds is 13. The van der Waals surface area contributed by atoms with Gasteiger partial charge in [-0.15, -0.1) is 0 Å². The number of benzene rings is 2. The zero-order chi connectivity index (χ0) is 23.7. The third-order valence-corrected chi connectivity index (χ3v) is 5.53. The third-order valence-electron chi connectivity index (χ3n) is 5.53. The molecular weight excluding hydrogens is 404 g/mol. The lowest BCUT2D eigenvalue weighted by Gasteiger charge is -2.24. The Labute approximate surface area is 192 Å². The minimum atomic E-state index is -0.188. The summed E-state index contributed by atoms with van der Waals surface area (Å²) in [4.78, 5) is 30.5. The molecule has 0 amide bonds. The van der Waals surface area contributed by atoms with Gasteiger partial charge in [0.2, 0.25) is 0 Å². The average Bonchev–Trinajstić information content (AvgIpc) is 2.79. The Bertz CT molecular complexity index is 787. The number of ketones is 2. The molecule has 0 radical (unpaired) electrons. The lowest BCUT2D eigenvalue weighted by atomic mass is 9.86. The van der Waals surface area contributed by atoms with Gasteiger partial charge in [0.05, 0.1) is 14.2 Å². The van der Waals surface area contributed by atoms with Crippen molar-refractivity contribution in [2.24, 2.45) is 11.8 Å². The molecule has 0 unspecified atom stereocenters. The van der Waals surface area contributed by atoms with Crippen LogP contribution in [0.2, 0.25) is 0 Å². The van der Waals surface area contributed by atoms with Crippen molar-refractivity contribution in [3.8, 4) is 11.5 Å². The van der Waals surface area contributed by atoms with Crippen LogP contribution < -0.4 is 9.47 Å². The van der Waals surface area contributed by atoms with Crippen molar-refractivity contribution >= 4 is 11.6 Å². The molecule has 0 spiro atoms. The van der Waals surface area contributed by atoms with E-state index in [1.54, 1.807) is 14.2 Å². The predicted octanol–water partition coefficient (Wildman–Crippen LogP) is 3.91. The minimum Gasteiger partial charge on any atom is -0.497 e. The van der Waals surface area contributed by atoms with Gasteiger partial charge in [-0.2, -0.15) is 0 Å². The maximum Gasteiger partial charge on any atom is 0.167 e. The largest absolute Gasteiger partial charge is 0.497 e. The van der Waals surface area contributed by atoms with Crippen LogP contribution in [0.3, 0.4) is 0 Å². The average molecular weight is 441 g/mol. The molecule has 0 fully saturated rings. The first-order valence-corrected chi connectivity index (χ1v) is 10.9. The molecule has 0 heterocycles. The van der Waals surface area contributed by atoms with Crippen molar-refractivity contribution in [1.29, 1.82) is 0 Å². The Balaban J connectivity index is 2.17. The van der Waals surface area contributed by atoms with Gasteiger partial charge < -0.3 is 19.3 Å². The van der Waals surface area contributed by atoms with Crippen LogP contribution in [-0.4, -0.2) is 76.9 Å². The SMILES string of the molecule is COc1ccc(C(=O)[C@@H](CC[C@@H](CN(C)C)C(=O)c2ccc(OC)cc2)CN(C)C)cc1. The second-order valence-electron chi connectivity index (χ2n) is 8.68. The van der Waals surface area contributed by atoms with Gasteiger partial charge in [-0.3, -0.25) is 9.59 Å². The van der Waals surface area contributed by atoms with Gasteiger partial charge >= 0.3 is 0 Å². The van der Waals surface area contributed by atoms with E-state index in [-0.39, 0.29) is 23.4 Å². The van der Waals surface area contributed by atoms with Gasteiger partial charge in [0.1, 0.15) is 11.5 Å². The molecule has 6 heteroatoms. The number of nitrogens with zero attached hydrogens (tertiary/aromatic N) is 2. The fourth-order valence-electron chi connectivity index (χ4n) is 3.88. The van der Waals surface area contributed by atoms with Gasteiger partial charge in [0.15, 0.2) is 11.6 Å². The number of Topliss-reactive ketones (excluding diaryl/α,β-unsaturated/α-hetero) is 2. The second kappa shape index (κ2) is 12.4. The van der Waals surface area contributed by atoms with Crippen LogP contribution in [0, 0.1) is 11.8 Å². The molecule has 2 aromatic rings. The summed E-state index contributed by atoms with van der Waals surface area (Å²) < 4.78 is 10.4. The highest BCUT2D eigenvalue weighted by molar-refractivity contribution is 5.99. The molecule has 0 aliphatic rings. The molecule has 0 aliphatic carbocycles. The molecule has 0 saturated heterocycles. The van der Waals surface area contributed by atoms with E-state index in [9.17, 15) is 9.59 Å². The highest BCUT2D eigenvalue weighted by Crippen LogP contribution is 2.24. The maximum atomic E-state index is 13.2. The van der Waals surface area contributed by atoms with E-state index in [4.69, 9.17) is 9.47 Å². The molecule has 0 bridgehead atoms. The molecule has 2 rings (SSSR count). The van der Waals surface area contributed by atoms with Crippen LogP contribution in [0.5, 0.6) is 11.5 Å². The highest BCUT2D eigenvalue weighted by Gasteiger charge is 2.26. The van der Waals surface area contributed by atoms with Crippen molar-refractivity contribution in [1.82, 2.24) is 9.80 Å². The van der Waals surface area contributed by atoms with E-state index in [0.29, 0.717) is 37.1 Å². The highest BCUT2D eigenvalue weighted by atomic mass is 16.5. The predicted molar refractivity (Wildman–Crippen MR) is 128 cm³/mol. The zero-order valence-corrected chi connectivity index (χ0v) is 20.1. The maximum absolute atomic E-state index is 13.2. The van der Waals surface area contributed by atoms with Crippen LogP contribution in [0.15, 0.2) is 48.5 Å². The first-order valence-electron chi connectivity index (χ1n) is 10.9. The van der Waals surface area contributed by atoms with Crippen molar-refractivity contribution in [2.45, 2.75) is 12.8 Å². The topological polar surface area (TPSA) is 59.1 Å². The van der Waals surface area contributed by atoms with Crippen LogP contribution >= 0.6 is 0 Å². The molecule has 0 aliphatic heterocycles. The fraction of sp³-hybridized carbons (Fsp3) is 0.462. The van der Waals surface area contributed by atoms with Crippen molar-refractivity contribution in [2.75, 3.05) is 55.5 Å². The number of ether oxygens (including phenoxy) is 2. The zero-order valence-electron chi connectivity index (χ0n) is 20.1. The van der Waals surface area contributed by atoms with Crippen molar-refractivity contribution in [3.63, 3.8) is 0 Å². The summed E-state index contributed by atoms with van der Waals surface area (Å²) in [5.41, 5.74) is 1.34. The lowest BCUT2D eigenvalue weighted by molar-refractivity contribution is 0.0835. The number of methoxy groups -OCH3 is 2. The van der Waals surface area contributed by atoms with Crippen molar-refractivity contribution in [3.05, 3.63) is 59.7 Å². The molecule has 2 atom stereocenters. The number of hydrogen-bond donors (Lipinski definition) is 0. The lowest BCUT2D eigenvalue weighted by Crippen LogP contribution is -2.32. The number of carbonyl (C=O) groups is 2. The summed E-state index contributed by atoms with van der Waals surface area (Å²) in [6.07, 6.45) is 1.28. The van der Waals surface area contributed by atoms with Gasteiger partial charge in [0.25, 0.3) is 0 Å². The summed E-state index contributed by atoms with van der Waals surface area (Å²) in [7, 11) is 11.1. The Morgan fingerprint density at radius 2 is 0.969 bits per heavy atom. The quantitative estimate of drug-likeness (QED) is 0.440. The molecule has 0 saturated carbocycles. The molecule has 2 aromatic carbocycles. The smallest absolute Gasteiger partial charge is 0.167 e. The Morgan fingerprint density at radius 3 is 1.22 bits per heavy atom. The van der Waals surface area contributed by atoms with Crippen LogP contribution in [0.4, 0.5) is 0 Å². The van der Waals surface area contributed by atoms with E-state index < -0.39 is 0 Å². The first-order chi connectivity index (χ1) is 15.2. The van der Waals surface area contributed by atoms with E-state index in [2.05, 4.69) is 0 Å². The van der Waals surface area contributed by atoms with Crippen LogP contribution in [-0.2, 0) is 0 Å². The number of carbonyl (C=O) groups excluding carboxylic acids is 2. The van der Waals surface area contributed by atoms with Gasteiger partial charge in [-0.25, -0.2) is 0 Å². The summed E-state index contributed by atoms with van der Waals surface area (Å²) in [6, 6.07) is 14.5. The second-order valence-corrected chi connectivity index (χ2v) is 8.68.